The monoisotopic (exact) mass is 461 g/mol. The summed E-state index contributed by atoms with van der Waals surface area (Å²) in [6.45, 7) is 3.07. The summed E-state index contributed by atoms with van der Waals surface area (Å²) in [5, 5.41) is 5.44. The second-order valence-corrected chi connectivity index (χ2v) is 8.50. The molecule has 4 aromatic rings. The van der Waals surface area contributed by atoms with Crippen LogP contribution < -0.4 is 10.9 Å². The maximum Gasteiger partial charge on any atom is 0.253 e. The molecular weight excluding hydrogens is 438 g/mol. The number of nitrogens with zero attached hydrogens (tertiary/aromatic N) is 1. The van der Waals surface area contributed by atoms with Gasteiger partial charge in [0.15, 0.2) is 5.11 Å². The number of hydrogen-bond acceptors (Lipinski definition) is 2. The Morgan fingerprint density at radius 2 is 1.78 bits per heavy atom. The molecule has 2 N–H and O–H groups in total. The van der Waals surface area contributed by atoms with Gasteiger partial charge in [-0.2, -0.15) is 0 Å². The van der Waals surface area contributed by atoms with E-state index in [2.05, 4.69) is 23.3 Å². The van der Waals surface area contributed by atoms with Crippen molar-refractivity contribution in [2.24, 2.45) is 0 Å². The highest BCUT2D eigenvalue weighted by molar-refractivity contribution is 7.80. The molecule has 0 unspecified atom stereocenters. The van der Waals surface area contributed by atoms with Crippen LogP contribution in [0.5, 0.6) is 0 Å². The van der Waals surface area contributed by atoms with Crippen LogP contribution in [0, 0.1) is 0 Å². The molecule has 0 spiro atoms. The van der Waals surface area contributed by atoms with E-state index in [4.69, 9.17) is 23.8 Å². The van der Waals surface area contributed by atoms with E-state index in [9.17, 15) is 4.79 Å². The first-order chi connectivity index (χ1) is 15.5. The Labute approximate surface area is 197 Å². The minimum absolute atomic E-state index is 0.106. The third-order valence-electron chi connectivity index (χ3n) is 5.33. The van der Waals surface area contributed by atoms with Gasteiger partial charge in [0, 0.05) is 28.3 Å². The number of benzene rings is 3. The minimum atomic E-state index is -0.106. The summed E-state index contributed by atoms with van der Waals surface area (Å²) in [4.78, 5) is 17.8. The maximum atomic E-state index is 12.8. The van der Waals surface area contributed by atoms with Crippen LogP contribution in [-0.2, 0) is 19.5 Å². The number of anilines is 1. The van der Waals surface area contributed by atoms with E-state index in [0.717, 1.165) is 28.6 Å². The number of fused-ring (bicyclic) bond motifs is 1. The molecule has 3 aromatic carbocycles. The molecule has 1 aromatic heterocycles. The highest BCUT2D eigenvalue weighted by Gasteiger charge is 2.15. The molecule has 0 radical (unpaired) electrons. The van der Waals surface area contributed by atoms with Gasteiger partial charge >= 0.3 is 0 Å². The van der Waals surface area contributed by atoms with Crippen LogP contribution >= 0.6 is 23.8 Å². The zero-order chi connectivity index (χ0) is 22.5. The number of nitrogens with one attached hydrogen (secondary N) is 2. The molecule has 0 bridgehead atoms. The smallest absolute Gasteiger partial charge is 0.253 e. The van der Waals surface area contributed by atoms with Gasteiger partial charge in [-0.15, -0.1) is 0 Å². The molecule has 6 heteroatoms. The van der Waals surface area contributed by atoms with E-state index in [1.807, 2.05) is 77.7 Å². The largest absolute Gasteiger partial charge is 0.340 e. The number of halogens is 1. The summed E-state index contributed by atoms with van der Waals surface area (Å²) in [5.41, 5.74) is 4.54. The Hall–Kier alpha value is -3.15. The van der Waals surface area contributed by atoms with Crippen LogP contribution in [0.2, 0.25) is 5.02 Å². The molecule has 0 amide bonds. The minimum Gasteiger partial charge on any atom is -0.340 e. The molecule has 1 heterocycles. The Morgan fingerprint density at radius 3 is 2.53 bits per heavy atom. The molecule has 0 saturated carbocycles. The Morgan fingerprint density at radius 1 is 0.969 bits per heavy atom. The Balaban J connectivity index is 1.65. The second kappa shape index (κ2) is 9.98. The van der Waals surface area contributed by atoms with E-state index < -0.39 is 0 Å². The summed E-state index contributed by atoms with van der Waals surface area (Å²) < 4.78 is 0. The van der Waals surface area contributed by atoms with Crippen LogP contribution in [0.25, 0.3) is 10.9 Å². The van der Waals surface area contributed by atoms with Gasteiger partial charge < -0.3 is 15.2 Å². The fourth-order valence-electron chi connectivity index (χ4n) is 3.62. The van der Waals surface area contributed by atoms with E-state index in [-0.39, 0.29) is 5.56 Å². The first-order valence-electron chi connectivity index (χ1n) is 10.5. The van der Waals surface area contributed by atoms with Crippen molar-refractivity contribution in [1.82, 2.24) is 9.88 Å². The molecule has 0 aliphatic rings. The van der Waals surface area contributed by atoms with Gasteiger partial charge in [-0.1, -0.05) is 61.0 Å². The van der Waals surface area contributed by atoms with Gasteiger partial charge in [0.25, 0.3) is 5.56 Å². The molecule has 0 fully saturated rings. The Kier molecular flexibility index (Phi) is 6.88. The normalized spacial score (nSPS) is 10.8. The molecule has 0 aliphatic heterocycles. The van der Waals surface area contributed by atoms with Crippen LogP contribution in [0.15, 0.2) is 83.7 Å². The third kappa shape index (κ3) is 5.36. The van der Waals surface area contributed by atoms with E-state index >= 15 is 0 Å². The zero-order valence-electron chi connectivity index (χ0n) is 17.8. The van der Waals surface area contributed by atoms with Crippen molar-refractivity contribution >= 4 is 45.5 Å². The number of thiocarbonyl (C=S) groups is 1. The van der Waals surface area contributed by atoms with Crippen molar-refractivity contribution < 1.29 is 0 Å². The second-order valence-electron chi connectivity index (χ2n) is 7.68. The average Bonchev–Trinajstić information content (AvgIpc) is 2.79. The standard InChI is InChI=1S/C26H24ClN3OS/c1-2-18-11-12-24-20(13-18)14-21(25(31)29-24)17-30(16-19-7-4-3-5-8-19)26(32)28-23-10-6-9-22(27)15-23/h3-15H,2,16-17H2,1H3,(H,28,32)(H,29,31). The zero-order valence-corrected chi connectivity index (χ0v) is 19.3. The third-order valence-corrected chi connectivity index (χ3v) is 5.93. The van der Waals surface area contributed by atoms with E-state index in [0.29, 0.717) is 28.8 Å². The van der Waals surface area contributed by atoms with Gasteiger partial charge in [0.05, 0.1) is 6.54 Å². The number of aryl methyl sites for hydroxylation is 1. The molecule has 0 atom stereocenters. The predicted molar refractivity (Wildman–Crippen MR) is 137 cm³/mol. The highest BCUT2D eigenvalue weighted by Crippen LogP contribution is 2.19. The van der Waals surface area contributed by atoms with Crippen molar-refractivity contribution in [3.05, 3.63) is 111 Å². The average molecular weight is 462 g/mol. The lowest BCUT2D eigenvalue weighted by Crippen LogP contribution is -2.35. The molecule has 0 saturated heterocycles. The Bertz CT molecular complexity index is 1300. The summed E-state index contributed by atoms with van der Waals surface area (Å²) in [5.74, 6) is 0. The lowest BCUT2D eigenvalue weighted by molar-refractivity contribution is 0.411. The van der Waals surface area contributed by atoms with Crippen molar-refractivity contribution in [3.63, 3.8) is 0 Å². The van der Waals surface area contributed by atoms with E-state index in [1.165, 1.54) is 5.56 Å². The number of hydrogen-bond donors (Lipinski definition) is 2. The fourth-order valence-corrected chi connectivity index (χ4v) is 4.05. The van der Waals surface area contributed by atoms with Gasteiger partial charge in [0.2, 0.25) is 0 Å². The SMILES string of the molecule is CCc1ccc2[nH]c(=O)c(CN(Cc3ccccc3)C(=S)Nc3cccc(Cl)c3)cc2c1. The van der Waals surface area contributed by atoms with Gasteiger partial charge in [-0.05, 0) is 71.6 Å². The van der Waals surface area contributed by atoms with Crippen molar-refractivity contribution in [2.75, 3.05) is 5.32 Å². The van der Waals surface area contributed by atoms with Gasteiger partial charge in [0.1, 0.15) is 0 Å². The van der Waals surface area contributed by atoms with Crippen LogP contribution in [0.1, 0.15) is 23.6 Å². The number of H-pyrrole nitrogens is 1. The van der Waals surface area contributed by atoms with Gasteiger partial charge in [-0.25, -0.2) is 0 Å². The molecule has 162 valence electrons. The molecule has 4 rings (SSSR count). The summed E-state index contributed by atoms with van der Waals surface area (Å²) in [7, 11) is 0. The lowest BCUT2D eigenvalue weighted by Gasteiger charge is -2.26. The predicted octanol–water partition coefficient (Wildman–Crippen LogP) is 6.14. The van der Waals surface area contributed by atoms with Crippen LogP contribution in [-0.4, -0.2) is 15.0 Å². The van der Waals surface area contributed by atoms with Gasteiger partial charge in [-0.3, -0.25) is 4.79 Å². The summed E-state index contributed by atoms with van der Waals surface area (Å²) in [6.07, 6.45) is 0.943. The summed E-state index contributed by atoms with van der Waals surface area (Å²) in [6, 6.07) is 25.6. The van der Waals surface area contributed by atoms with Crippen LogP contribution in [0.3, 0.4) is 0 Å². The number of pyridine rings is 1. The van der Waals surface area contributed by atoms with E-state index in [1.54, 1.807) is 0 Å². The van der Waals surface area contributed by atoms with Crippen LogP contribution in [0.4, 0.5) is 5.69 Å². The topological polar surface area (TPSA) is 48.1 Å². The van der Waals surface area contributed by atoms with Crippen molar-refractivity contribution in [2.45, 2.75) is 26.4 Å². The lowest BCUT2D eigenvalue weighted by atomic mass is 10.1. The molecule has 32 heavy (non-hydrogen) atoms. The fraction of sp³-hybridized carbons (Fsp3) is 0.154. The van der Waals surface area contributed by atoms with Crippen molar-refractivity contribution in [1.29, 1.82) is 0 Å². The summed E-state index contributed by atoms with van der Waals surface area (Å²) >= 11 is 11.9. The van der Waals surface area contributed by atoms with Crippen molar-refractivity contribution in [3.8, 4) is 0 Å². The molecule has 4 nitrogen and oxygen atoms in total. The first kappa shape index (κ1) is 22.1. The maximum absolute atomic E-state index is 12.8. The first-order valence-corrected chi connectivity index (χ1v) is 11.3. The highest BCUT2D eigenvalue weighted by atomic mass is 35.5. The number of aromatic nitrogens is 1. The molecular formula is C26H24ClN3OS. The number of rotatable bonds is 6. The molecule has 0 aliphatic carbocycles. The quantitative estimate of drug-likeness (QED) is 0.338. The number of aromatic amines is 1.